The van der Waals surface area contributed by atoms with Crippen molar-refractivity contribution in [3.8, 4) is 0 Å². The SMILES string of the molecule is Cn1cnc(CNC(=O)NCC2(C(=O)O)CCCCC2)n1. The number of carboxylic acids is 1. The predicted molar refractivity (Wildman–Crippen MR) is 74.4 cm³/mol. The van der Waals surface area contributed by atoms with Crippen molar-refractivity contribution in [3.63, 3.8) is 0 Å². The van der Waals surface area contributed by atoms with Crippen LogP contribution in [0.3, 0.4) is 0 Å². The number of carbonyl (C=O) groups is 2. The standard InChI is InChI=1S/C13H21N5O3/c1-18-9-16-10(17-18)7-14-12(21)15-8-13(11(19)20)5-3-2-4-6-13/h9H,2-8H2,1H3,(H,19,20)(H2,14,15,21). The van der Waals surface area contributed by atoms with Gasteiger partial charge in [0.2, 0.25) is 0 Å². The highest BCUT2D eigenvalue weighted by Crippen LogP contribution is 2.35. The second-order valence-corrected chi connectivity index (χ2v) is 5.52. The maximum absolute atomic E-state index is 11.8. The number of rotatable bonds is 5. The molecule has 0 saturated heterocycles. The Bertz CT molecular complexity index is 508. The van der Waals surface area contributed by atoms with Gasteiger partial charge in [0.05, 0.1) is 12.0 Å². The van der Waals surface area contributed by atoms with Crippen molar-refractivity contribution < 1.29 is 14.7 Å². The van der Waals surface area contributed by atoms with Crippen molar-refractivity contribution in [1.82, 2.24) is 25.4 Å². The fourth-order valence-corrected chi connectivity index (χ4v) is 2.63. The van der Waals surface area contributed by atoms with E-state index in [0.717, 1.165) is 19.3 Å². The Labute approximate surface area is 122 Å². The third-order valence-corrected chi connectivity index (χ3v) is 3.91. The topological polar surface area (TPSA) is 109 Å². The summed E-state index contributed by atoms with van der Waals surface area (Å²) in [5, 5.41) is 18.7. The molecule has 0 aliphatic heterocycles. The zero-order valence-electron chi connectivity index (χ0n) is 12.1. The number of amides is 2. The van der Waals surface area contributed by atoms with Gasteiger partial charge in [0.1, 0.15) is 6.33 Å². The number of hydrogen-bond donors (Lipinski definition) is 3. The van der Waals surface area contributed by atoms with Crippen molar-refractivity contribution in [2.24, 2.45) is 12.5 Å². The number of carboxylic acid groups (broad SMARTS) is 1. The average Bonchev–Trinajstić information content (AvgIpc) is 2.89. The van der Waals surface area contributed by atoms with Gasteiger partial charge in [-0.15, -0.1) is 0 Å². The Hall–Kier alpha value is -2.12. The van der Waals surface area contributed by atoms with E-state index in [1.165, 1.54) is 0 Å². The van der Waals surface area contributed by atoms with E-state index in [-0.39, 0.29) is 13.1 Å². The minimum absolute atomic E-state index is 0.157. The fraction of sp³-hybridized carbons (Fsp3) is 0.692. The lowest BCUT2D eigenvalue weighted by molar-refractivity contribution is -0.150. The van der Waals surface area contributed by atoms with E-state index in [2.05, 4.69) is 20.7 Å². The summed E-state index contributed by atoms with van der Waals surface area (Å²) >= 11 is 0. The lowest BCUT2D eigenvalue weighted by Gasteiger charge is -2.33. The maximum Gasteiger partial charge on any atom is 0.315 e. The van der Waals surface area contributed by atoms with Crippen LogP contribution in [0.15, 0.2) is 6.33 Å². The van der Waals surface area contributed by atoms with Crippen LogP contribution in [0, 0.1) is 5.41 Å². The Morgan fingerprint density at radius 2 is 2.05 bits per heavy atom. The van der Waals surface area contributed by atoms with Crippen LogP contribution >= 0.6 is 0 Å². The molecule has 1 heterocycles. The zero-order chi connectivity index (χ0) is 15.3. The second-order valence-electron chi connectivity index (χ2n) is 5.52. The molecular formula is C13H21N5O3. The first-order valence-corrected chi connectivity index (χ1v) is 7.11. The largest absolute Gasteiger partial charge is 0.481 e. The Kier molecular flexibility index (Phi) is 4.77. The van der Waals surface area contributed by atoms with Gasteiger partial charge < -0.3 is 15.7 Å². The molecule has 1 aliphatic rings. The highest BCUT2D eigenvalue weighted by molar-refractivity contribution is 5.78. The number of urea groups is 1. The van der Waals surface area contributed by atoms with Crippen molar-refractivity contribution in [1.29, 1.82) is 0 Å². The monoisotopic (exact) mass is 295 g/mol. The van der Waals surface area contributed by atoms with Crippen molar-refractivity contribution in [3.05, 3.63) is 12.2 Å². The molecule has 1 aromatic heterocycles. The van der Waals surface area contributed by atoms with Gasteiger partial charge >= 0.3 is 12.0 Å². The van der Waals surface area contributed by atoms with Crippen LogP contribution in [0.5, 0.6) is 0 Å². The number of aromatic nitrogens is 3. The zero-order valence-corrected chi connectivity index (χ0v) is 12.1. The number of hydrogen-bond acceptors (Lipinski definition) is 4. The smallest absolute Gasteiger partial charge is 0.315 e. The minimum Gasteiger partial charge on any atom is -0.481 e. The third-order valence-electron chi connectivity index (χ3n) is 3.91. The van der Waals surface area contributed by atoms with Gasteiger partial charge in [0, 0.05) is 13.6 Å². The number of nitrogens with one attached hydrogen (secondary N) is 2. The summed E-state index contributed by atoms with van der Waals surface area (Å²) in [6.07, 6.45) is 5.64. The molecule has 2 amide bonds. The molecule has 0 atom stereocenters. The molecule has 116 valence electrons. The molecule has 8 heteroatoms. The van der Waals surface area contributed by atoms with Crippen LogP contribution in [0.2, 0.25) is 0 Å². The fourth-order valence-electron chi connectivity index (χ4n) is 2.63. The van der Waals surface area contributed by atoms with Crippen molar-refractivity contribution in [2.75, 3.05) is 6.54 Å². The summed E-state index contributed by atoms with van der Waals surface area (Å²) in [6.45, 7) is 0.372. The third kappa shape index (κ3) is 3.93. The highest BCUT2D eigenvalue weighted by Gasteiger charge is 2.39. The lowest BCUT2D eigenvalue weighted by atomic mass is 9.74. The molecule has 0 aromatic carbocycles. The maximum atomic E-state index is 11.8. The van der Waals surface area contributed by atoms with Gasteiger partial charge in [-0.2, -0.15) is 5.10 Å². The average molecular weight is 295 g/mol. The van der Waals surface area contributed by atoms with Gasteiger partial charge in [-0.05, 0) is 12.8 Å². The van der Waals surface area contributed by atoms with E-state index >= 15 is 0 Å². The van der Waals surface area contributed by atoms with Crippen LogP contribution in [0.4, 0.5) is 4.79 Å². The van der Waals surface area contributed by atoms with E-state index in [4.69, 9.17) is 0 Å². The molecule has 8 nitrogen and oxygen atoms in total. The predicted octanol–water partition coefficient (Wildman–Crippen LogP) is 0.649. The Balaban J connectivity index is 1.80. The summed E-state index contributed by atoms with van der Waals surface area (Å²) < 4.78 is 1.55. The molecule has 0 radical (unpaired) electrons. The van der Waals surface area contributed by atoms with E-state index in [0.29, 0.717) is 18.7 Å². The molecule has 1 aliphatic carbocycles. The Morgan fingerprint density at radius 3 is 2.62 bits per heavy atom. The first-order valence-electron chi connectivity index (χ1n) is 7.11. The summed E-state index contributed by atoms with van der Waals surface area (Å²) in [7, 11) is 1.75. The van der Waals surface area contributed by atoms with E-state index < -0.39 is 17.4 Å². The highest BCUT2D eigenvalue weighted by atomic mass is 16.4. The molecule has 0 spiro atoms. The second kappa shape index (κ2) is 6.55. The first kappa shape index (κ1) is 15.3. The molecular weight excluding hydrogens is 274 g/mol. The van der Waals surface area contributed by atoms with E-state index in [1.807, 2.05) is 0 Å². The van der Waals surface area contributed by atoms with Gasteiger partial charge in [-0.1, -0.05) is 19.3 Å². The quantitative estimate of drug-likeness (QED) is 0.739. The summed E-state index contributed by atoms with van der Waals surface area (Å²) in [5.41, 5.74) is -0.821. The minimum atomic E-state index is -0.825. The van der Waals surface area contributed by atoms with Crippen molar-refractivity contribution in [2.45, 2.75) is 38.6 Å². The lowest BCUT2D eigenvalue weighted by Crippen LogP contribution is -2.47. The first-order chi connectivity index (χ1) is 10.0. The van der Waals surface area contributed by atoms with Gasteiger partial charge in [0.25, 0.3) is 0 Å². The molecule has 0 unspecified atom stereocenters. The van der Waals surface area contributed by atoms with Gasteiger partial charge in [0.15, 0.2) is 5.82 Å². The van der Waals surface area contributed by atoms with Crippen LogP contribution in [-0.4, -0.2) is 38.4 Å². The van der Waals surface area contributed by atoms with Gasteiger partial charge in [-0.3, -0.25) is 9.48 Å². The molecule has 3 N–H and O–H groups in total. The van der Waals surface area contributed by atoms with E-state index in [1.54, 1.807) is 18.1 Å². The molecule has 1 aromatic rings. The molecule has 1 saturated carbocycles. The summed E-state index contributed by atoms with van der Waals surface area (Å²) in [4.78, 5) is 27.2. The number of carbonyl (C=O) groups excluding carboxylic acids is 1. The van der Waals surface area contributed by atoms with Crippen LogP contribution in [0.1, 0.15) is 37.9 Å². The summed E-state index contributed by atoms with van der Waals surface area (Å²) in [5.74, 6) is -0.313. The molecule has 21 heavy (non-hydrogen) atoms. The number of nitrogens with zero attached hydrogens (tertiary/aromatic N) is 3. The molecule has 2 rings (SSSR count). The van der Waals surface area contributed by atoms with Crippen molar-refractivity contribution >= 4 is 12.0 Å². The van der Waals surface area contributed by atoms with Gasteiger partial charge in [-0.25, -0.2) is 9.78 Å². The van der Waals surface area contributed by atoms with Crippen LogP contribution < -0.4 is 10.6 Å². The number of aliphatic carboxylic acids is 1. The van der Waals surface area contributed by atoms with Crippen LogP contribution in [-0.2, 0) is 18.4 Å². The van der Waals surface area contributed by atoms with Crippen LogP contribution in [0.25, 0.3) is 0 Å². The number of aryl methyl sites for hydroxylation is 1. The molecule has 1 fully saturated rings. The normalized spacial score (nSPS) is 17.2. The van der Waals surface area contributed by atoms with E-state index in [9.17, 15) is 14.7 Å². The molecule has 0 bridgehead atoms. The Morgan fingerprint density at radius 1 is 1.33 bits per heavy atom. The summed E-state index contributed by atoms with van der Waals surface area (Å²) in [6, 6.07) is -0.395.